The van der Waals surface area contributed by atoms with Gasteiger partial charge in [-0.2, -0.15) is 0 Å². The summed E-state index contributed by atoms with van der Waals surface area (Å²) in [7, 11) is 1.27. The first kappa shape index (κ1) is 20.9. The van der Waals surface area contributed by atoms with E-state index >= 15 is 0 Å². The van der Waals surface area contributed by atoms with E-state index in [-0.39, 0.29) is 17.9 Å². The number of hydrogen-bond donors (Lipinski definition) is 1. The quantitative estimate of drug-likeness (QED) is 0.436. The van der Waals surface area contributed by atoms with Crippen molar-refractivity contribution in [3.05, 3.63) is 67.9 Å². The second-order valence-corrected chi connectivity index (χ2v) is 6.33. The minimum atomic E-state index is -0.814. The average molecular weight is 385 g/mol. The molecular weight excluding hydrogens is 362 g/mol. The number of nitrogen functional groups attached to an aromatic ring is 1. The lowest BCUT2D eigenvalue weighted by molar-refractivity contribution is -0.136. The molecule has 0 atom stereocenters. The average Bonchev–Trinajstić information content (AvgIpc) is 2.67. The highest BCUT2D eigenvalue weighted by Crippen LogP contribution is 2.08. The summed E-state index contributed by atoms with van der Waals surface area (Å²) in [6.45, 7) is 3.40. The van der Waals surface area contributed by atoms with E-state index in [9.17, 15) is 19.2 Å². The lowest BCUT2D eigenvalue weighted by atomic mass is 10.1. The first-order valence-electron chi connectivity index (χ1n) is 8.80. The number of esters is 1. The van der Waals surface area contributed by atoms with Crippen LogP contribution in [-0.4, -0.2) is 27.5 Å². The maximum Gasteiger partial charge on any atom is 0.332 e. The largest absolute Gasteiger partial charge is 0.454 e. The van der Waals surface area contributed by atoms with Crippen LogP contribution in [0.5, 0.6) is 0 Å². The highest BCUT2D eigenvalue weighted by atomic mass is 16.5. The first-order chi connectivity index (χ1) is 13.3. The van der Waals surface area contributed by atoms with Crippen molar-refractivity contribution < 1.29 is 14.3 Å². The number of ketones is 1. The van der Waals surface area contributed by atoms with Crippen LogP contribution in [0.2, 0.25) is 0 Å². The molecule has 2 N–H and O–H groups in total. The zero-order valence-corrected chi connectivity index (χ0v) is 16.1. The molecule has 2 aromatic rings. The van der Waals surface area contributed by atoms with E-state index < -0.39 is 29.6 Å². The topological polar surface area (TPSA) is 113 Å². The molecule has 1 aromatic carbocycles. The van der Waals surface area contributed by atoms with Crippen LogP contribution < -0.4 is 17.0 Å². The second kappa shape index (κ2) is 8.98. The summed E-state index contributed by atoms with van der Waals surface area (Å²) in [5.41, 5.74) is 6.00. The third kappa shape index (κ3) is 4.64. The van der Waals surface area contributed by atoms with Gasteiger partial charge in [-0.1, -0.05) is 36.8 Å². The fourth-order valence-corrected chi connectivity index (χ4v) is 2.58. The summed E-state index contributed by atoms with van der Waals surface area (Å²) in [5.74, 6) is -1.71. The van der Waals surface area contributed by atoms with Gasteiger partial charge in [0.15, 0.2) is 6.61 Å². The number of benzene rings is 1. The molecule has 0 unspecified atom stereocenters. The number of nitrogens with two attached hydrogens (primary N) is 1. The number of hydrogen-bond acceptors (Lipinski definition) is 6. The molecule has 0 amide bonds. The Labute approximate surface area is 161 Å². The van der Waals surface area contributed by atoms with Crippen LogP contribution in [0.1, 0.15) is 34.8 Å². The van der Waals surface area contributed by atoms with Gasteiger partial charge in [0, 0.05) is 19.7 Å². The summed E-state index contributed by atoms with van der Waals surface area (Å²) in [6, 6.07) is 7.48. The van der Waals surface area contributed by atoms with Crippen LogP contribution in [0.4, 0.5) is 5.82 Å². The van der Waals surface area contributed by atoms with Crippen molar-refractivity contribution in [3.8, 4) is 0 Å². The fraction of sp³-hybridized carbons (Fsp3) is 0.300. The SMILES string of the molecule is CCCn1c(N)c(C(=O)COC(=O)/C=C/c2ccc(C)cc2)c(=O)n(C)c1=O. The minimum Gasteiger partial charge on any atom is -0.454 e. The van der Waals surface area contributed by atoms with Gasteiger partial charge >= 0.3 is 11.7 Å². The van der Waals surface area contributed by atoms with E-state index in [0.717, 1.165) is 20.3 Å². The molecule has 0 bridgehead atoms. The Morgan fingerprint density at radius 1 is 1.18 bits per heavy atom. The monoisotopic (exact) mass is 385 g/mol. The Kier molecular flexibility index (Phi) is 6.70. The smallest absolute Gasteiger partial charge is 0.332 e. The van der Waals surface area contributed by atoms with E-state index in [1.54, 1.807) is 6.08 Å². The first-order valence-corrected chi connectivity index (χ1v) is 8.80. The number of aromatic nitrogens is 2. The molecule has 0 aliphatic carbocycles. The molecule has 0 saturated heterocycles. The second-order valence-electron chi connectivity index (χ2n) is 6.33. The molecule has 28 heavy (non-hydrogen) atoms. The summed E-state index contributed by atoms with van der Waals surface area (Å²) >= 11 is 0. The lowest BCUT2D eigenvalue weighted by Crippen LogP contribution is -2.43. The van der Waals surface area contributed by atoms with Gasteiger partial charge in [0.2, 0.25) is 5.78 Å². The molecule has 1 aromatic heterocycles. The summed E-state index contributed by atoms with van der Waals surface area (Å²) in [5, 5.41) is 0. The maximum atomic E-state index is 12.4. The van der Waals surface area contributed by atoms with Gasteiger partial charge in [0.05, 0.1) is 0 Å². The van der Waals surface area contributed by atoms with Crippen molar-refractivity contribution in [1.29, 1.82) is 0 Å². The fourth-order valence-electron chi connectivity index (χ4n) is 2.58. The van der Waals surface area contributed by atoms with Gasteiger partial charge in [0.1, 0.15) is 11.4 Å². The Morgan fingerprint density at radius 2 is 1.82 bits per heavy atom. The molecule has 1 heterocycles. The van der Waals surface area contributed by atoms with E-state index in [0.29, 0.717) is 6.42 Å². The molecule has 0 spiro atoms. The van der Waals surface area contributed by atoms with Gasteiger partial charge in [0.25, 0.3) is 5.56 Å². The summed E-state index contributed by atoms with van der Waals surface area (Å²) in [6.07, 6.45) is 3.34. The van der Waals surface area contributed by atoms with Crippen molar-refractivity contribution >= 4 is 23.6 Å². The van der Waals surface area contributed by atoms with Crippen molar-refractivity contribution in [2.45, 2.75) is 26.8 Å². The van der Waals surface area contributed by atoms with Crippen molar-refractivity contribution in [1.82, 2.24) is 9.13 Å². The van der Waals surface area contributed by atoms with E-state index in [2.05, 4.69) is 0 Å². The van der Waals surface area contributed by atoms with Crippen LogP contribution in [-0.2, 0) is 23.1 Å². The predicted octanol–water partition coefficient (Wildman–Crippen LogP) is 1.29. The molecular formula is C20H23N3O5. The van der Waals surface area contributed by atoms with Crippen LogP contribution in [0.3, 0.4) is 0 Å². The minimum absolute atomic E-state index is 0.216. The van der Waals surface area contributed by atoms with Crippen molar-refractivity contribution in [2.24, 2.45) is 7.05 Å². The normalized spacial score (nSPS) is 11.0. The highest BCUT2D eigenvalue weighted by molar-refractivity contribution is 6.01. The van der Waals surface area contributed by atoms with Crippen LogP contribution in [0.15, 0.2) is 39.9 Å². The van der Waals surface area contributed by atoms with Crippen molar-refractivity contribution in [3.63, 3.8) is 0 Å². The molecule has 0 radical (unpaired) electrons. The number of anilines is 1. The third-order valence-corrected chi connectivity index (χ3v) is 4.14. The molecule has 0 saturated carbocycles. The van der Waals surface area contributed by atoms with E-state index in [4.69, 9.17) is 10.5 Å². The molecule has 0 aliphatic heterocycles. The standard InChI is InChI=1S/C20H23N3O5/c1-4-11-23-18(21)17(19(26)22(3)20(23)27)15(24)12-28-16(25)10-9-14-7-5-13(2)6-8-14/h5-10H,4,11-12,21H2,1-3H3/b10-9+. The van der Waals surface area contributed by atoms with Crippen molar-refractivity contribution in [2.75, 3.05) is 12.3 Å². The van der Waals surface area contributed by atoms with Crippen LogP contribution >= 0.6 is 0 Å². The Bertz CT molecular complexity index is 1030. The molecule has 0 fully saturated rings. The maximum absolute atomic E-state index is 12.4. The van der Waals surface area contributed by atoms with Crippen LogP contribution in [0, 0.1) is 6.92 Å². The highest BCUT2D eigenvalue weighted by Gasteiger charge is 2.22. The van der Waals surface area contributed by atoms with Gasteiger partial charge in [-0.25, -0.2) is 9.59 Å². The lowest BCUT2D eigenvalue weighted by Gasteiger charge is -2.13. The predicted molar refractivity (Wildman–Crippen MR) is 106 cm³/mol. The van der Waals surface area contributed by atoms with Gasteiger partial charge in [-0.15, -0.1) is 0 Å². The number of ether oxygens (including phenoxy) is 1. The molecule has 8 heteroatoms. The Balaban J connectivity index is 2.14. The molecule has 8 nitrogen and oxygen atoms in total. The van der Waals surface area contributed by atoms with Gasteiger partial charge in [-0.05, 0) is 25.0 Å². The summed E-state index contributed by atoms with van der Waals surface area (Å²) < 4.78 is 6.90. The zero-order valence-electron chi connectivity index (χ0n) is 16.1. The van der Waals surface area contributed by atoms with E-state index in [1.165, 1.54) is 13.1 Å². The Hall–Kier alpha value is -3.42. The zero-order chi connectivity index (χ0) is 20.8. The van der Waals surface area contributed by atoms with Gasteiger partial charge < -0.3 is 10.5 Å². The van der Waals surface area contributed by atoms with E-state index in [1.807, 2.05) is 38.1 Å². The number of carbonyl (C=O) groups is 2. The van der Waals surface area contributed by atoms with Gasteiger partial charge in [-0.3, -0.25) is 18.7 Å². The molecule has 2 rings (SSSR count). The number of rotatable bonds is 7. The number of Topliss-reactive ketones (excluding diaryl/α,β-unsaturated/α-hetero) is 1. The molecule has 148 valence electrons. The third-order valence-electron chi connectivity index (χ3n) is 4.14. The number of nitrogens with zero attached hydrogens (tertiary/aromatic N) is 2. The number of carbonyl (C=O) groups excluding carboxylic acids is 2. The number of aryl methyl sites for hydroxylation is 1. The molecule has 0 aliphatic rings. The Morgan fingerprint density at radius 3 is 2.43 bits per heavy atom. The van der Waals surface area contributed by atoms with Crippen LogP contribution in [0.25, 0.3) is 6.08 Å². The summed E-state index contributed by atoms with van der Waals surface area (Å²) in [4.78, 5) is 48.7.